The first-order chi connectivity index (χ1) is 17.9. The van der Waals surface area contributed by atoms with Gasteiger partial charge in [-0.15, -0.1) is 0 Å². The molecule has 188 valence electrons. The van der Waals surface area contributed by atoms with Gasteiger partial charge in [0.05, 0.1) is 42.2 Å². The van der Waals surface area contributed by atoms with Crippen molar-refractivity contribution in [2.75, 3.05) is 19.1 Å². The summed E-state index contributed by atoms with van der Waals surface area (Å²) in [6, 6.07) is 18.4. The highest BCUT2D eigenvalue weighted by molar-refractivity contribution is 7.80. The van der Waals surface area contributed by atoms with Gasteiger partial charge < -0.3 is 29.2 Å². The fraction of sp³-hybridized carbons (Fsp3) is 0.148. The lowest BCUT2D eigenvalue weighted by Crippen LogP contribution is -2.29. The number of pyridine rings is 1. The molecule has 0 aliphatic carbocycles. The number of halogens is 1. The summed E-state index contributed by atoms with van der Waals surface area (Å²) in [5, 5.41) is 13.6. The van der Waals surface area contributed by atoms with E-state index in [1.165, 1.54) is 12.1 Å². The van der Waals surface area contributed by atoms with Gasteiger partial charge in [0.1, 0.15) is 29.1 Å². The van der Waals surface area contributed by atoms with Crippen molar-refractivity contribution in [2.45, 2.75) is 12.1 Å². The Bertz CT molecular complexity index is 1480. The van der Waals surface area contributed by atoms with Crippen LogP contribution in [0.3, 0.4) is 0 Å². The molecule has 2 N–H and O–H groups in total. The average molecular weight is 536 g/mol. The number of aromatic carboxylic acids is 1. The number of hydrogen-bond acceptors (Lipinski definition) is 6. The average Bonchev–Trinajstić information content (AvgIpc) is 3.53. The molecule has 10 heteroatoms. The number of nitrogens with zero attached hydrogens (tertiary/aromatic N) is 2. The number of aromatic nitrogens is 1. The Morgan fingerprint density at radius 2 is 1.95 bits per heavy atom. The lowest BCUT2D eigenvalue weighted by molar-refractivity contribution is 0.0697. The largest absolute Gasteiger partial charge is 0.497 e. The summed E-state index contributed by atoms with van der Waals surface area (Å²) < 4.78 is 17.4. The molecule has 0 amide bonds. The number of carboxylic acids is 1. The highest BCUT2D eigenvalue weighted by Crippen LogP contribution is 2.46. The molecule has 2 atom stereocenters. The van der Waals surface area contributed by atoms with Crippen molar-refractivity contribution in [1.82, 2.24) is 10.3 Å². The summed E-state index contributed by atoms with van der Waals surface area (Å²) in [4.78, 5) is 18.0. The second kappa shape index (κ2) is 10.1. The fourth-order valence-electron chi connectivity index (χ4n) is 4.39. The first-order valence-electron chi connectivity index (χ1n) is 11.3. The minimum Gasteiger partial charge on any atom is -0.497 e. The first kappa shape index (κ1) is 24.6. The maximum Gasteiger partial charge on any atom is 0.335 e. The molecule has 5 rings (SSSR count). The van der Waals surface area contributed by atoms with Crippen LogP contribution in [0.4, 0.5) is 5.69 Å². The molecule has 1 saturated heterocycles. The molecule has 8 nitrogen and oxygen atoms in total. The lowest BCUT2D eigenvalue weighted by Gasteiger charge is -2.27. The van der Waals surface area contributed by atoms with Crippen molar-refractivity contribution in [3.63, 3.8) is 0 Å². The molecule has 0 bridgehead atoms. The second-order valence-electron chi connectivity index (χ2n) is 8.24. The van der Waals surface area contributed by atoms with E-state index in [9.17, 15) is 9.90 Å². The summed E-state index contributed by atoms with van der Waals surface area (Å²) in [6.07, 6.45) is 1.72. The predicted molar refractivity (Wildman–Crippen MR) is 144 cm³/mol. The van der Waals surface area contributed by atoms with Crippen molar-refractivity contribution < 1.29 is 23.8 Å². The van der Waals surface area contributed by atoms with E-state index in [-0.39, 0.29) is 11.6 Å². The van der Waals surface area contributed by atoms with E-state index in [0.29, 0.717) is 44.4 Å². The summed E-state index contributed by atoms with van der Waals surface area (Å²) in [5.41, 5.74) is 2.07. The molecule has 2 aromatic carbocycles. The number of furan rings is 1. The Morgan fingerprint density at radius 3 is 2.65 bits per heavy atom. The zero-order chi connectivity index (χ0) is 26.1. The number of methoxy groups -OCH3 is 2. The molecular formula is C27H22ClN3O5S. The van der Waals surface area contributed by atoms with Gasteiger partial charge in [-0.1, -0.05) is 17.7 Å². The Kier molecular flexibility index (Phi) is 6.73. The van der Waals surface area contributed by atoms with Gasteiger partial charge in [0.2, 0.25) is 0 Å². The van der Waals surface area contributed by atoms with Gasteiger partial charge in [-0.3, -0.25) is 4.98 Å². The summed E-state index contributed by atoms with van der Waals surface area (Å²) in [5.74, 6) is 1.17. The number of rotatable bonds is 7. The van der Waals surface area contributed by atoms with Crippen LogP contribution >= 0.6 is 23.8 Å². The number of benzene rings is 2. The third-order valence-corrected chi connectivity index (χ3v) is 6.79. The Balaban J connectivity index is 1.63. The van der Waals surface area contributed by atoms with Crippen LogP contribution in [0.5, 0.6) is 11.5 Å². The van der Waals surface area contributed by atoms with Crippen LogP contribution in [-0.2, 0) is 0 Å². The molecule has 2 aromatic heterocycles. The Hall–Kier alpha value is -4.08. The van der Waals surface area contributed by atoms with E-state index in [1.54, 1.807) is 38.6 Å². The Labute approximate surface area is 223 Å². The third-order valence-electron chi connectivity index (χ3n) is 6.14. The van der Waals surface area contributed by atoms with Crippen molar-refractivity contribution in [3.05, 3.63) is 95.0 Å². The van der Waals surface area contributed by atoms with Gasteiger partial charge in [-0.2, -0.15) is 0 Å². The maximum atomic E-state index is 11.5. The third kappa shape index (κ3) is 4.59. The van der Waals surface area contributed by atoms with Crippen molar-refractivity contribution in [3.8, 4) is 22.8 Å². The van der Waals surface area contributed by atoms with Crippen LogP contribution in [0.2, 0.25) is 5.02 Å². The van der Waals surface area contributed by atoms with Crippen LogP contribution in [-0.4, -0.2) is 35.4 Å². The molecule has 0 spiro atoms. The van der Waals surface area contributed by atoms with E-state index in [4.69, 9.17) is 37.7 Å². The SMILES string of the molecule is COc1ccc(N2C(=S)N[C@@H](c3ccccn3)[C@@H]2c2ccc(-c3cc(C(=O)O)ccc3Cl)o2)c(OC)c1. The van der Waals surface area contributed by atoms with Gasteiger partial charge in [0.25, 0.3) is 0 Å². The maximum absolute atomic E-state index is 11.5. The zero-order valence-electron chi connectivity index (χ0n) is 19.8. The van der Waals surface area contributed by atoms with E-state index < -0.39 is 12.0 Å². The van der Waals surface area contributed by atoms with E-state index in [2.05, 4.69) is 10.3 Å². The highest BCUT2D eigenvalue weighted by atomic mass is 35.5. The normalized spacial score (nSPS) is 16.9. The molecule has 1 fully saturated rings. The summed E-state index contributed by atoms with van der Waals surface area (Å²) in [7, 11) is 3.17. The van der Waals surface area contributed by atoms with Gasteiger partial charge in [-0.05, 0) is 66.8 Å². The van der Waals surface area contributed by atoms with Gasteiger partial charge in [-0.25, -0.2) is 4.79 Å². The van der Waals surface area contributed by atoms with Crippen LogP contribution < -0.4 is 19.7 Å². The van der Waals surface area contributed by atoms with Crippen molar-refractivity contribution in [1.29, 1.82) is 0 Å². The van der Waals surface area contributed by atoms with E-state index in [1.807, 2.05) is 41.3 Å². The molecule has 0 unspecified atom stereocenters. The Morgan fingerprint density at radius 1 is 1.11 bits per heavy atom. The molecule has 3 heterocycles. The monoisotopic (exact) mass is 535 g/mol. The zero-order valence-corrected chi connectivity index (χ0v) is 21.4. The molecule has 37 heavy (non-hydrogen) atoms. The quantitative estimate of drug-likeness (QED) is 0.281. The smallest absolute Gasteiger partial charge is 0.335 e. The summed E-state index contributed by atoms with van der Waals surface area (Å²) in [6.45, 7) is 0. The van der Waals surface area contributed by atoms with Crippen molar-refractivity contribution in [2.24, 2.45) is 0 Å². The number of carboxylic acid groups (broad SMARTS) is 1. The number of ether oxygens (including phenoxy) is 2. The van der Waals surface area contributed by atoms with Crippen LogP contribution in [0.1, 0.15) is 33.9 Å². The van der Waals surface area contributed by atoms with E-state index in [0.717, 1.165) is 5.69 Å². The highest BCUT2D eigenvalue weighted by Gasteiger charge is 2.43. The number of carbonyl (C=O) groups is 1. The minimum absolute atomic E-state index is 0.108. The minimum atomic E-state index is -1.05. The molecule has 0 radical (unpaired) electrons. The second-order valence-corrected chi connectivity index (χ2v) is 9.03. The number of hydrogen-bond donors (Lipinski definition) is 2. The van der Waals surface area contributed by atoms with Crippen LogP contribution in [0.15, 0.2) is 77.3 Å². The first-order valence-corrected chi connectivity index (χ1v) is 12.1. The van der Waals surface area contributed by atoms with Gasteiger partial charge >= 0.3 is 5.97 Å². The molecule has 1 aliphatic heterocycles. The fourth-order valence-corrected chi connectivity index (χ4v) is 4.94. The number of nitrogens with one attached hydrogen (secondary N) is 1. The molecule has 0 saturated carbocycles. The molecule has 4 aromatic rings. The van der Waals surface area contributed by atoms with Gasteiger partial charge in [0, 0.05) is 17.8 Å². The van der Waals surface area contributed by atoms with Crippen molar-refractivity contribution >= 4 is 40.6 Å². The molecule has 1 aliphatic rings. The predicted octanol–water partition coefficient (Wildman–Crippen LogP) is 5.89. The lowest BCUT2D eigenvalue weighted by atomic mass is 10.0. The topological polar surface area (TPSA) is 97.1 Å². The van der Waals surface area contributed by atoms with E-state index >= 15 is 0 Å². The standard InChI is InChI=1S/C27H22ClN3O5S/c1-34-16-7-9-20(23(14-16)35-2)31-25(24(30-27(31)37)19-5-3-4-12-29-19)22-11-10-21(36-22)17-13-15(26(32)33)6-8-18(17)28/h3-14,24-25H,1-2H3,(H,30,37)(H,32,33)/t24-,25-/m0/s1. The van der Waals surface area contributed by atoms with Crippen LogP contribution in [0.25, 0.3) is 11.3 Å². The molecular weight excluding hydrogens is 514 g/mol. The number of thiocarbonyl (C=S) groups is 1. The summed E-state index contributed by atoms with van der Waals surface area (Å²) >= 11 is 12.2. The van der Waals surface area contributed by atoms with Gasteiger partial charge in [0.15, 0.2) is 5.11 Å². The van der Waals surface area contributed by atoms with Crippen LogP contribution in [0, 0.1) is 0 Å². The number of anilines is 1.